The largest absolute Gasteiger partial charge is 0.352 e. The van der Waals surface area contributed by atoms with Crippen molar-refractivity contribution in [1.29, 1.82) is 0 Å². The minimum Gasteiger partial charge on any atom is -0.352 e. The molecule has 2 amide bonds. The molecule has 0 aromatic carbocycles. The smallest absolute Gasteiger partial charge is 0.312 e. The topological polar surface area (TPSA) is 114 Å². The van der Waals surface area contributed by atoms with Gasteiger partial charge in [0.05, 0.1) is 6.54 Å². The lowest BCUT2D eigenvalue weighted by atomic mass is 10.6. The van der Waals surface area contributed by atoms with Gasteiger partial charge in [0.2, 0.25) is 6.29 Å². The first-order chi connectivity index (χ1) is 4.70. The summed E-state index contributed by atoms with van der Waals surface area (Å²) in [4.78, 5) is 17.0. The lowest BCUT2D eigenvalue weighted by Crippen LogP contribution is -2.37. The second-order valence-electron chi connectivity index (χ2n) is 1.39. The fraction of sp³-hybridized carbons (Fsp3) is 0.667. The molecule has 7 nitrogen and oxygen atoms in total. The lowest BCUT2D eigenvalue weighted by molar-refractivity contribution is -0.428. The third-order valence-corrected chi connectivity index (χ3v) is 0.678. The summed E-state index contributed by atoms with van der Waals surface area (Å²) in [5.41, 5.74) is 4.63. The van der Waals surface area contributed by atoms with Gasteiger partial charge >= 0.3 is 6.03 Å². The van der Waals surface area contributed by atoms with Crippen LogP contribution in [0.5, 0.6) is 0 Å². The Labute approximate surface area is 56.2 Å². The molecule has 0 radical (unpaired) electrons. The van der Waals surface area contributed by atoms with Crippen molar-refractivity contribution in [3.05, 3.63) is 0 Å². The second-order valence-corrected chi connectivity index (χ2v) is 1.39. The van der Waals surface area contributed by atoms with Crippen molar-refractivity contribution < 1.29 is 25.1 Å². The van der Waals surface area contributed by atoms with E-state index >= 15 is 0 Å². The van der Waals surface area contributed by atoms with E-state index in [1.165, 1.54) is 0 Å². The van der Waals surface area contributed by atoms with Crippen molar-refractivity contribution in [3.63, 3.8) is 0 Å². The molecule has 0 spiro atoms. The maximum atomic E-state index is 9.97. The van der Waals surface area contributed by atoms with Crippen molar-refractivity contribution >= 4 is 6.03 Å². The van der Waals surface area contributed by atoms with Gasteiger partial charge in [-0.15, -0.1) is 0 Å². The predicted molar refractivity (Wildman–Crippen MR) is 28.8 cm³/mol. The van der Waals surface area contributed by atoms with Gasteiger partial charge in [-0.3, -0.25) is 0 Å². The van der Waals surface area contributed by atoms with Crippen LogP contribution < -0.4 is 11.1 Å². The molecule has 7 heteroatoms. The molecule has 0 fully saturated rings. The van der Waals surface area contributed by atoms with E-state index in [0.717, 1.165) is 0 Å². The summed E-state index contributed by atoms with van der Waals surface area (Å²) >= 11 is 0. The van der Waals surface area contributed by atoms with Crippen LogP contribution in [-0.2, 0) is 9.78 Å². The first-order valence-electron chi connectivity index (χ1n) is 2.34. The van der Waals surface area contributed by atoms with Gasteiger partial charge in [-0.25, -0.2) is 25.1 Å². The quantitative estimate of drug-likeness (QED) is 0.233. The van der Waals surface area contributed by atoms with E-state index in [2.05, 4.69) is 15.5 Å². The van der Waals surface area contributed by atoms with Crippen LogP contribution in [0.1, 0.15) is 0 Å². The molecule has 60 valence electrons. The summed E-state index contributed by atoms with van der Waals surface area (Å²) < 4.78 is 0. The molecule has 0 aliphatic heterocycles. The molecule has 0 saturated carbocycles. The van der Waals surface area contributed by atoms with Gasteiger partial charge in [-0.2, -0.15) is 0 Å². The predicted octanol–water partition coefficient (Wildman–Crippen LogP) is -1.04. The molecule has 0 aromatic heterocycles. The maximum Gasteiger partial charge on any atom is 0.312 e. The Morgan fingerprint density at radius 2 is 2.10 bits per heavy atom. The molecule has 0 saturated heterocycles. The highest BCUT2D eigenvalue weighted by Gasteiger charge is 2.08. The van der Waals surface area contributed by atoms with Crippen LogP contribution in [0, 0.1) is 0 Å². The molecular weight excluding hydrogens is 144 g/mol. The summed E-state index contributed by atoms with van der Waals surface area (Å²) in [6.07, 6.45) is -1.31. The van der Waals surface area contributed by atoms with Gasteiger partial charge in [0, 0.05) is 0 Å². The van der Waals surface area contributed by atoms with Gasteiger partial charge in [-0.1, -0.05) is 0 Å². The molecule has 0 heterocycles. The van der Waals surface area contributed by atoms with Gasteiger partial charge in [0.1, 0.15) is 0 Å². The van der Waals surface area contributed by atoms with E-state index in [-0.39, 0.29) is 6.54 Å². The minimum atomic E-state index is -1.31. The Morgan fingerprint density at radius 3 is 2.40 bits per heavy atom. The average molecular weight is 152 g/mol. The zero-order valence-electron chi connectivity index (χ0n) is 4.98. The third kappa shape index (κ3) is 4.04. The van der Waals surface area contributed by atoms with E-state index in [1.807, 2.05) is 5.32 Å². The Bertz CT molecular complexity index is 103. The van der Waals surface area contributed by atoms with E-state index in [4.69, 9.17) is 10.5 Å². The number of rotatable bonds is 4. The maximum absolute atomic E-state index is 9.97. The summed E-state index contributed by atoms with van der Waals surface area (Å²) in [7, 11) is 0. The number of nitrogens with one attached hydrogen (secondary N) is 1. The molecule has 0 aromatic rings. The molecular formula is C3H8N2O5. The highest BCUT2D eigenvalue weighted by atomic mass is 17.2. The van der Waals surface area contributed by atoms with E-state index < -0.39 is 12.3 Å². The van der Waals surface area contributed by atoms with Crippen LogP contribution in [0.3, 0.4) is 0 Å². The number of carbonyl (C=O) groups is 1. The van der Waals surface area contributed by atoms with Crippen molar-refractivity contribution in [2.45, 2.75) is 6.29 Å². The van der Waals surface area contributed by atoms with Crippen LogP contribution in [-0.4, -0.2) is 29.4 Å². The van der Waals surface area contributed by atoms with Gasteiger partial charge < -0.3 is 11.1 Å². The van der Waals surface area contributed by atoms with Crippen LogP contribution in [0.2, 0.25) is 0 Å². The van der Waals surface area contributed by atoms with Gasteiger partial charge in [0.25, 0.3) is 0 Å². The van der Waals surface area contributed by atoms with Gasteiger partial charge in [-0.05, 0) is 0 Å². The van der Waals surface area contributed by atoms with E-state index in [9.17, 15) is 4.79 Å². The highest BCUT2D eigenvalue weighted by Crippen LogP contribution is 1.85. The lowest BCUT2D eigenvalue weighted by Gasteiger charge is -2.08. The summed E-state index contributed by atoms with van der Waals surface area (Å²) in [6.45, 7) is -0.234. The van der Waals surface area contributed by atoms with Crippen LogP contribution >= 0.6 is 0 Å². The monoisotopic (exact) mass is 152 g/mol. The molecule has 0 aliphatic carbocycles. The zero-order chi connectivity index (χ0) is 7.98. The molecule has 0 aliphatic rings. The summed E-state index contributed by atoms with van der Waals surface area (Å²) in [5.74, 6) is 0. The fourth-order valence-electron chi connectivity index (χ4n) is 0.278. The zero-order valence-corrected chi connectivity index (χ0v) is 4.98. The van der Waals surface area contributed by atoms with Crippen molar-refractivity contribution in [2.24, 2.45) is 5.73 Å². The SMILES string of the molecule is NC(=O)NCC(OO)OO. The average Bonchev–Trinajstić information content (AvgIpc) is 1.90. The molecule has 10 heavy (non-hydrogen) atoms. The van der Waals surface area contributed by atoms with Crippen LogP contribution in [0.25, 0.3) is 0 Å². The Hall–Kier alpha value is -0.890. The van der Waals surface area contributed by atoms with E-state index in [1.54, 1.807) is 0 Å². The Morgan fingerprint density at radius 1 is 1.60 bits per heavy atom. The van der Waals surface area contributed by atoms with Crippen molar-refractivity contribution in [2.75, 3.05) is 6.54 Å². The van der Waals surface area contributed by atoms with Crippen molar-refractivity contribution in [3.8, 4) is 0 Å². The van der Waals surface area contributed by atoms with Crippen LogP contribution in [0.4, 0.5) is 4.79 Å². The number of hydrogen-bond donors (Lipinski definition) is 4. The van der Waals surface area contributed by atoms with Gasteiger partial charge in [0.15, 0.2) is 0 Å². The molecule has 0 bridgehead atoms. The number of nitrogens with two attached hydrogens (primary N) is 1. The normalized spacial score (nSPS) is 9.90. The first-order valence-corrected chi connectivity index (χ1v) is 2.34. The molecule has 0 atom stereocenters. The van der Waals surface area contributed by atoms with Crippen LogP contribution in [0.15, 0.2) is 0 Å². The number of carbonyl (C=O) groups excluding carboxylic acids is 1. The standard InChI is InChI=1S/C3H8N2O5/c4-3(6)5-1-2(9-7)10-8/h2,7-8H,1H2,(H3,4,5,6). The first kappa shape index (κ1) is 9.11. The summed E-state index contributed by atoms with van der Waals surface area (Å²) in [5, 5.41) is 17.7. The fourth-order valence-corrected chi connectivity index (χ4v) is 0.278. The molecule has 0 rings (SSSR count). The Kier molecular flexibility index (Phi) is 4.50. The second kappa shape index (κ2) is 4.94. The summed E-state index contributed by atoms with van der Waals surface area (Å²) in [6, 6.07) is -0.806. The number of amides is 2. The highest BCUT2D eigenvalue weighted by molar-refractivity contribution is 5.71. The molecule has 5 N–H and O–H groups in total. The third-order valence-electron chi connectivity index (χ3n) is 0.678. The molecule has 0 unspecified atom stereocenters. The van der Waals surface area contributed by atoms with Crippen molar-refractivity contribution in [1.82, 2.24) is 5.32 Å². The Balaban J connectivity index is 3.34. The number of hydrogen-bond acceptors (Lipinski definition) is 5. The number of primary amides is 1. The van der Waals surface area contributed by atoms with E-state index in [0.29, 0.717) is 0 Å². The minimum absolute atomic E-state index is 0.234. The number of urea groups is 1.